The van der Waals surface area contributed by atoms with Crippen LogP contribution in [0.15, 0.2) is 36.7 Å². The SMILES string of the molecule is NC(=S)c1nccnc1N1CCc2ccccc2CC1. The Morgan fingerprint density at radius 1 is 1.05 bits per heavy atom. The van der Waals surface area contributed by atoms with Gasteiger partial charge in [0.25, 0.3) is 0 Å². The van der Waals surface area contributed by atoms with E-state index in [0.29, 0.717) is 10.7 Å². The number of hydrogen-bond acceptors (Lipinski definition) is 4. The number of benzene rings is 1. The Morgan fingerprint density at radius 3 is 2.25 bits per heavy atom. The van der Waals surface area contributed by atoms with Crippen LogP contribution < -0.4 is 10.6 Å². The fraction of sp³-hybridized carbons (Fsp3) is 0.267. The molecule has 0 spiro atoms. The van der Waals surface area contributed by atoms with Crippen molar-refractivity contribution in [3.05, 3.63) is 53.5 Å². The van der Waals surface area contributed by atoms with E-state index in [4.69, 9.17) is 18.0 Å². The lowest BCUT2D eigenvalue weighted by Crippen LogP contribution is -2.30. The molecule has 0 atom stereocenters. The van der Waals surface area contributed by atoms with Gasteiger partial charge in [-0.15, -0.1) is 0 Å². The third kappa shape index (κ3) is 2.49. The minimum absolute atomic E-state index is 0.301. The molecule has 4 nitrogen and oxygen atoms in total. The summed E-state index contributed by atoms with van der Waals surface area (Å²) in [5.74, 6) is 0.799. The average molecular weight is 284 g/mol. The molecule has 1 aliphatic heterocycles. The van der Waals surface area contributed by atoms with E-state index in [1.165, 1.54) is 11.1 Å². The third-order valence-corrected chi connectivity index (χ3v) is 3.83. The van der Waals surface area contributed by atoms with Crippen LogP contribution in [-0.4, -0.2) is 28.0 Å². The van der Waals surface area contributed by atoms with Crippen molar-refractivity contribution in [1.29, 1.82) is 0 Å². The summed E-state index contributed by atoms with van der Waals surface area (Å²) in [7, 11) is 0. The van der Waals surface area contributed by atoms with Gasteiger partial charge in [-0.2, -0.15) is 0 Å². The zero-order valence-corrected chi connectivity index (χ0v) is 11.9. The predicted molar refractivity (Wildman–Crippen MR) is 84.0 cm³/mol. The first-order valence-corrected chi connectivity index (χ1v) is 7.09. The zero-order chi connectivity index (χ0) is 13.9. The lowest BCUT2D eigenvalue weighted by Gasteiger charge is -2.22. The van der Waals surface area contributed by atoms with Crippen molar-refractivity contribution in [1.82, 2.24) is 9.97 Å². The summed E-state index contributed by atoms with van der Waals surface area (Å²) in [4.78, 5) is 11.2. The maximum absolute atomic E-state index is 5.75. The second kappa shape index (κ2) is 5.54. The van der Waals surface area contributed by atoms with Gasteiger partial charge >= 0.3 is 0 Å². The predicted octanol–water partition coefficient (Wildman–Crippen LogP) is 1.72. The van der Waals surface area contributed by atoms with Crippen LogP contribution in [0.1, 0.15) is 16.8 Å². The highest BCUT2D eigenvalue weighted by atomic mass is 32.1. The van der Waals surface area contributed by atoms with Crippen molar-refractivity contribution >= 4 is 23.0 Å². The number of thiocarbonyl (C=S) groups is 1. The standard InChI is InChI=1S/C15H16N4S/c16-14(20)13-15(18-8-7-17-13)19-9-5-11-3-1-2-4-12(11)6-10-19/h1-4,7-8H,5-6,9-10H2,(H2,16,20). The van der Waals surface area contributed by atoms with Crippen molar-refractivity contribution in [2.75, 3.05) is 18.0 Å². The highest BCUT2D eigenvalue weighted by molar-refractivity contribution is 7.80. The molecule has 102 valence electrons. The van der Waals surface area contributed by atoms with Crippen LogP contribution in [0.3, 0.4) is 0 Å². The van der Waals surface area contributed by atoms with E-state index < -0.39 is 0 Å². The van der Waals surface area contributed by atoms with E-state index >= 15 is 0 Å². The van der Waals surface area contributed by atoms with Crippen molar-refractivity contribution in [2.24, 2.45) is 5.73 Å². The summed E-state index contributed by atoms with van der Waals surface area (Å²) in [6.45, 7) is 1.82. The first-order chi connectivity index (χ1) is 9.75. The largest absolute Gasteiger partial charge is 0.388 e. The molecule has 0 fully saturated rings. The molecule has 0 saturated heterocycles. The molecule has 0 bridgehead atoms. The Balaban J connectivity index is 1.89. The molecule has 20 heavy (non-hydrogen) atoms. The van der Waals surface area contributed by atoms with E-state index in [1.807, 2.05) is 0 Å². The Labute approximate surface area is 123 Å². The normalized spacial score (nSPS) is 14.5. The maximum Gasteiger partial charge on any atom is 0.157 e. The van der Waals surface area contributed by atoms with E-state index in [1.54, 1.807) is 12.4 Å². The third-order valence-electron chi connectivity index (χ3n) is 3.63. The Bertz CT molecular complexity index is 614. The van der Waals surface area contributed by atoms with Crippen LogP contribution in [-0.2, 0) is 12.8 Å². The Morgan fingerprint density at radius 2 is 1.65 bits per heavy atom. The smallest absolute Gasteiger partial charge is 0.157 e. The van der Waals surface area contributed by atoms with Crippen molar-refractivity contribution in [3.8, 4) is 0 Å². The number of nitrogens with two attached hydrogens (primary N) is 1. The van der Waals surface area contributed by atoms with Gasteiger partial charge in [-0.05, 0) is 24.0 Å². The number of aromatic nitrogens is 2. The van der Waals surface area contributed by atoms with Gasteiger partial charge in [-0.1, -0.05) is 36.5 Å². The minimum Gasteiger partial charge on any atom is -0.388 e. The second-order valence-electron chi connectivity index (χ2n) is 4.85. The number of fused-ring (bicyclic) bond motifs is 1. The summed E-state index contributed by atoms with van der Waals surface area (Å²) < 4.78 is 0. The molecule has 2 N–H and O–H groups in total. The van der Waals surface area contributed by atoms with Gasteiger partial charge < -0.3 is 10.6 Å². The molecule has 3 rings (SSSR count). The van der Waals surface area contributed by atoms with Crippen LogP contribution in [0, 0.1) is 0 Å². The maximum atomic E-state index is 5.75. The molecular formula is C15H16N4S. The van der Waals surface area contributed by atoms with Crippen LogP contribution in [0.25, 0.3) is 0 Å². The molecule has 0 unspecified atom stereocenters. The fourth-order valence-electron chi connectivity index (χ4n) is 2.62. The Kier molecular flexibility index (Phi) is 3.60. The van der Waals surface area contributed by atoms with Gasteiger partial charge in [-0.25, -0.2) is 9.97 Å². The second-order valence-corrected chi connectivity index (χ2v) is 5.29. The van der Waals surface area contributed by atoms with Crippen molar-refractivity contribution < 1.29 is 0 Å². The lowest BCUT2D eigenvalue weighted by atomic mass is 10.0. The first-order valence-electron chi connectivity index (χ1n) is 6.68. The average Bonchev–Trinajstić information content (AvgIpc) is 2.70. The van der Waals surface area contributed by atoms with Gasteiger partial charge in [0, 0.05) is 25.5 Å². The molecule has 2 heterocycles. The molecular weight excluding hydrogens is 268 g/mol. The monoisotopic (exact) mass is 284 g/mol. The van der Waals surface area contributed by atoms with E-state index in [0.717, 1.165) is 31.7 Å². The summed E-state index contributed by atoms with van der Waals surface area (Å²) in [5.41, 5.74) is 9.19. The molecule has 0 saturated carbocycles. The topological polar surface area (TPSA) is 55.0 Å². The van der Waals surface area contributed by atoms with E-state index in [9.17, 15) is 0 Å². The van der Waals surface area contributed by atoms with Gasteiger partial charge in [0.2, 0.25) is 0 Å². The van der Waals surface area contributed by atoms with Crippen LogP contribution in [0.5, 0.6) is 0 Å². The van der Waals surface area contributed by atoms with Gasteiger partial charge in [0.1, 0.15) is 10.7 Å². The minimum atomic E-state index is 0.301. The fourth-order valence-corrected chi connectivity index (χ4v) is 2.76. The highest BCUT2D eigenvalue weighted by Crippen LogP contribution is 2.21. The van der Waals surface area contributed by atoms with Gasteiger partial charge in [-0.3, -0.25) is 0 Å². The molecule has 1 aliphatic rings. The Hall–Kier alpha value is -2.01. The zero-order valence-electron chi connectivity index (χ0n) is 11.1. The summed E-state index contributed by atoms with van der Waals surface area (Å²) in [6.07, 6.45) is 5.33. The van der Waals surface area contributed by atoms with Crippen molar-refractivity contribution in [3.63, 3.8) is 0 Å². The molecule has 2 aromatic rings. The van der Waals surface area contributed by atoms with Crippen LogP contribution in [0.4, 0.5) is 5.82 Å². The molecule has 1 aromatic carbocycles. The number of anilines is 1. The molecule has 0 radical (unpaired) electrons. The molecule has 0 amide bonds. The van der Waals surface area contributed by atoms with E-state index in [-0.39, 0.29) is 0 Å². The first kappa shape index (κ1) is 13.0. The number of nitrogens with zero attached hydrogens (tertiary/aromatic N) is 3. The van der Waals surface area contributed by atoms with Gasteiger partial charge in [0.15, 0.2) is 5.82 Å². The molecule has 5 heteroatoms. The highest BCUT2D eigenvalue weighted by Gasteiger charge is 2.19. The van der Waals surface area contributed by atoms with E-state index in [2.05, 4.69) is 39.1 Å². The molecule has 0 aliphatic carbocycles. The lowest BCUT2D eigenvalue weighted by molar-refractivity contribution is 0.785. The van der Waals surface area contributed by atoms with Crippen LogP contribution in [0.2, 0.25) is 0 Å². The molecule has 1 aromatic heterocycles. The van der Waals surface area contributed by atoms with Crippen LogP contribution >= 0.6 is 12.2 Å². The number of hydrogen-bond donors (Lipinski definition) is 1. The van der Waals surface area contributed by atoms with Gasteiger partial charge in [0.05, 0.1) is 0 Å². The van der Waals surface area contributed by atoms with Crippen molar-refractivity contribution in [2.45, 2.75) is 12.8 Å². The summed E-state index contributed by atoms with van der Waals surface area (Å²) in [5, 5.41) is 0. The summed E-state index contributed by atoms with van der Waals surface area (Å²) >= 11 is 5.07. The number of rotatable bonds is 2. The quantitative estimate of drug-likeness (QED) is 0.851. The summed E-state index contributed by atoms with van der Waals surface area (Å²) in [6, 6.07) is 8.59.